The van der Waals surface area contributed by atoms with E-state index in [0.29, 0.717) is 0 Å². The van der Waals surface area contributed by atoms with Gasteiger partial charge in [0.1, 0.15) is 18.0 Å². The average molecular weight is 548 g/mol. The van der Waals surface area contributed by atoms with E-state index in [1.165, 1.54) is 25.3 Å². The Hall–Kier alpha value is -2.55. The number of ether oxygens (including phenoxy) is 3. The van der Waals surface area contributed by atoms with Crippen LogP contribution in [0.5, 0.6) is 5.75 Å². The SMILES string of the molecule is COc1cccc2c1C(=O)C1=C(C2=O)C(O)C2C[C@@](O)(C(=O)CO)CC(OC3CC(N)C(O)C(C)O3)C2C1O. The molecule has 12 heteroatoms. The number of fused-ring (bicyclic) bond motifs is 2. The predicted molar refractivity (Wildman–Crippen MR) is 132 cm³/mol. The zero-order valence-electron chi connectivity index (χ0n) is 21.5. The second-order valence-corrected chi connectivity index (χ2v) is 10.9. The van der Waals surface area contributed by atoms with Crippen LogP contribution in [0.25, 0.3) is 0 Å². The van der Waals surface area contributed by atoms with E-state index in [1.54, 1.807) is 6.92 Å². The summed E-state index contributed by atoms with van der Waals surface area (Å²) in [7, 11) is 1.34. The van der Waals surface area contributed by atoms with Gasteiger partial charge in [0.15, 0.2) is 23.6 Å². The lowest BCUT2D eigenvalue weighted by Gasteiger charge is -2.52. The van der Waals surface area contributed by atoms with E-state index < -0.39 is 90.7 Å². The van der Waals surface area contributed by atoms with Crippen LogP contribution >= 0.6 is 0 Å². The normalized spacial score (nSPS) is 40.1. The van der Waals surface area contributed by atoms with Gasteiger partial charge in [0.25, 0.3) is 0 Å². The number of benzene rings is 1. The van der Waals surface area contributed by atoms with Crippen molar-refractivity contribution < 1.29 is 54.1 Å². The molecule has 3 aliphatic carbocycles. The van der Waals surface area contributed by atoms with Gasteiger partial charge in [0.05, 0.1) is 43.2 Å². The van der Waals surface area contributed by atoms with Gasteiger partial charge in [0.2, 0.25) is 0 Å². The van der Waals surface area contributed by atoms with Crippen molar-refractivity contribution >= 4 is 17.3 Å². The molecule has 2 fully saturated rings. The third-order valence-electron chi connectivity index (χ3n) is 8.63. The predicted octanol–water partition coefficient (Wildman–Crippen LogP) is -1.37. The molecule has 1 aromatic rings. The van der Waals surface area contributed by atoms with Crippen molar-refractivity contribution in [3.63, 3.8) is 0 Å². The van der Waals surface area contributed by atoms with Gasteiger partial charge in [-0.3, -0.25) is 14.4 Å². The fourth-order valence-corrected chi connectivity index (χ4v) is 6.64. The molecule has 9 unspecified atom stereocenters. The molecule has 0 aromatic heterocycles. The summed E-state index contributed by atoms with van der Waals surface area (Å²) in [4.78, 5) is 39.9. The van der Waals surface area contributed by atoms with Gasteiger partial charge in [-0.2, -0.15) is 0 Å². The molecule has 1 heterocycles. The monoisotopic (exact) mass is 547 g/mol. The van der Waals surface area contributed by atoms with Gasteiger partial charge in [-0.15, -0.1) is 0 Å². The maximum atomic E-state index is 13.7. The van der Waals surface area contributed by atoms with Gasteiger partial charge in [0, 0.05) is 47.4 Å². The van der Waals surface area contributed by atoms with Gasteiger partial charge in [-0.25, -0.2) is 0 Å². The molecule has 1 aromatic carbocycles. The molecule has 5 rings (SSSR count). The van der Waals surface area contributed by atoms with Crippen LogP contribution in [0.15, 0.2) is 29.3 Å². The minimum atomic E-state index is -2.15. The highest BCUT2D eigenvalue weighted by Gasteiger charge is 2.60. The van der Waals surface area contributed by atoms with Crippen LogP contribution in [-0.2, 0) is 14.3 Å². The summed E-state index contributed by atoms with van der Waals surface area (Å²) in [6.07, 6.45) is -7.77. The maximum absolute atomic E-state index is 13.7. The third-order valence-corrected chi connectivity index (χ3v) is 8.63. The number of methoxy groups -OCH3 is 1. The van der Waals surface area contributed by atoms with Crippen LogP contribution in [0.1, 0.15) is 46.9 Å². The average Bonchev–Trinajstić information content (AvgIpc) is 2.90. The molecule has 1 aliphatic heterocycles. The van der Waals surface area contributed by atoms with Crippen molar-refractivity contribution in [3.05, 3.63) is 40.5 Å². The van der Waals surface area contributed by atoms with Crippen molar-refractivity contribution in [2.45, 2.75) is 74.6 Å². The minimum Gasteiger partial charge on any atom is -0.496 e. The number of carbonyl (C=O) groups is 3. The van der Waals surface area contributed by atoms with E-state index in [1.807, 2.05) is 0 Å². The van der Waals surface area contributed by atoms with Gasteiger partial charge in [-0.05, 0) is 19.4 Å². The second-order valence-electron chi connectivity index (χ2n) is 10.9. The first-order valence-corrected chi connectivity index (χ1v) is 12.9. The summed E-state index contributed by atoms with van der Waals surface area (Å²) < 4.78 is 17.2. The summed E-state index contributed by atoms with van der Waals surface area (Å²) in [6, 6.07) is 3.76. The molecule has 1 saturated carbocycles. The molecule has 0 bridgehead atoms. The number of rotatable bonds is 5. The smallest absolute Gasteiger partial charge is 0.196 e. The maximum Gasteiger partial charge on any atom is 0.196 e. The molecule has 12 nitrogen and oxygen atoms in total. The molecular weight excluding hydrogens is 514 g/mol. The largest absolute Gasteiger partial charge is 0.496 e. The second kappa shape index (κ2) is 10.1. The Morgan fingerprint density at radius 2 is 1.82 bits per heavy atom. The Bertz CT molecular complexity index is 1220. The third kappa shape index (κ3) is 4.35. The van der Waals surface area contributed by atoms with E-state index in [2.05, 4.69) is 0 Å². The first kappa shape index (κ1) is 28.0. The molecule has 4 aliphatic rings. The summed E-state index contributed by atoms with van der Waals surface area (Å²) in [5.74, 6) is -4.27. The van der Waals surface area contributed by atoms with Gasteiger partial charge < -0.3 is 45.5 Å². The highest BCUT2D eigenvalue weighted by Crippen LogP contribution is 2.51. The van der Waals surface area contributed by atoms with Crippen LogP contribution in [0, 0.1) is 11.8 Å². The Morgan fingerprint density at radius 3 is 2.46 bits per heavy atom. The molecule has 0 radical (unpaired) electrons. The Balaban J connectivity index is 1.58. The molecule has 39 heavy (non-hydrogen) atoms. The van der Waals surface area contributed by atoms with E-state index in [4.69, 9.17) is 19.9 Å². The minimum absolute atomic E-state index is 0.00486. The van der Waals surface area contributed by atoms with Crippen LogP contribution in [0.3, 0.4) is 0 Å². The molecule has 1 saturated heterocycles. The number of nitrogens with two attached hydrogens (primary N) is 1. The fourth-order valence-electron chi connectivity index (χ4n) is 6.64. The first-order chi connectivity index (χ1) is 18.4. The zero-order chi connectivity index (χ0) is 28.4. The molecule has 7 N–H and O–H groups in total. The lowest BCUT2D eigenvalue weighted by atomic mass is 9.57. The number of hydrogen-bond acceptors (Lipinski definition) is 12. The quantitative estimate of drug-likeness (QED) is 0.253. The number of ketones is 3. The highest BCUT2D eigenvalue weighted by molar-refractivity contribution is 6.28. The Morgan fingerprint density at radius 1 is 1.13 bits per heavy atom. The van der Waals surface area contributed by atoms with Crippen molar-refractivity contribution in [1.29, 1.82) is 0 Å². The molecule has 0 spiro atoms. The summed E-state index contributed by atoms with van der Waals surface area (Å²) in [6.45, 7) is 0.620. The van der Waals surface area contributed by atoms with E-state index in [-0.39, 0.29) is 40.9 Å². The Labute approximate surface area is 224 Å². The van der Waals surface area contributed by atoms with Crippen molar-refractivity contribution in [3.8, 4) is 5.75 Å². The van der Waals surface area contributed by atoms with Gasteiger partial charge in [-0.1, -0.05) is 12.1 Å². The zero-order valence-corrected chi connectivity index (χ0v) is 21.5. The number of aliphatic hydroxyl groups is 5. The number of aliphatic hydroxyl groups excluding tert-OH is 4. The number of carbonyl (C=O) groups excluding carboxylic acids is 3. The Kier molecular flexibility index (Phi) is 7.27. The fraction of sp³-hybridized carbons (Fsp3) is 0.593. The standard InChI is InChI=1S/C27H33NO11/c1-10-22(31)13(28)6-17(38-10)39-15-8-27(36,16(30)9-29)7-12-19(15)26(35)21-20(24(12)33)23(32)11-4-3-5-14(37-2)18(11)25(21)34/h3-5,10,12-13,15,17,19,22,24,26,29,31,33,35-36H,6-9,28H2,1-2H3/t10?,12?,13?,15?,17?,19?,22?,24?,26?,27-/m0/s1. The van der Waals surface area contributed by atoms with Crippen molar-refractivity contribution in [2.24, 2.45) is 17.6 Å². The number of hydrogen-bond donors (Lipinski definition) is 6. The first-order valence-electron chi connectivity index (χ1n) is 12.9. The molecule has 0 amide bonds. The van der Waals surface area contributed by atoms with Crippen LogP contribution in [0.4, 0.5) is 0 Å². The van der Waals surface area contributed by atoms with Crippen LogP contribution < -0.4 is 10.5 Å². The van der Waals surface area contributed by atoms with Gasteiger partial charge >= 0.3 is 0 Å². The summed E-state index contributed by atoms with van der Waals surface area (Å²) >= 11 is 0. The molecule has 10 atom stereocenters. The van der Waals surface area contributed by atoms with E-state index in [9.17, 15) is 39.9 Å². The molecular formula is C27H33NO11. The lowest BCUT2D eigenvalue weighted by molar-refractivity contribution is -0.268. The van der Waals surface area contributed by atoms with Crippen molar-refractivity contribution in [1.82, 2.24) is 0 Å². The highest BCUT2D eigenvalue weighted by atomic mass is 16.7. The summed E-state index contributed by atoms with van der Waals surface area (Å²) in [5.41, 5.74) is 3.26. The topological polar surface area (TPSA) is 206 Å². The molecule has 212 valence electrons. The summed E-state index contributed by atoms with van der Waals surface area (Å²) in [5, 5.41) is 54.1. The van der Waals surface area contributed by atoms with E-state index >= 15 is 0 Å². The lowest BCUT2D eigenvalue weighted by Crippen LogP contribution is -2.62. The van der Waals surface area contributed by atoms with Crippen LogP contribution in [-0.4, -0.2) is 105 Å². The number of Topliss-reactive ketones (excluding diaryl/α,β-unsaturated/α-hetero) is 3. The van der Waals surface area contributed by atoms with E-state index in [0.717, 1.165) is 0 Å². The van der Waals surface area contributed by atoms with Crippen molar-refractivity contribution in [2.75, 3.05) is 13.7 Å². The van der Waals surface area contributed by atoms with Crippen LogP contribution in [0.2, 0.25) is 0 Å².